The summed E-state index contributed by atoms with van der Waals surface area (Å²) in [4.78, 5) is 9.66. The zero-order valence-electron chi connectivity index (χ0n) is 17.2. The van der Waals surface area contributed by atoms with Crippen molar-refractivity contribution in [3.8, 4) is 0 Å². The number of benzene rings is 1. The molecule has 5 rings (SSSR count). The number of aryl methyl sites for hydroxylation is 1. The van der Waals surface area contributed by atoms with Crippen LogP contribution in [0.4, 0.5) is 5.82 Å². The molecule has 0 radical (unpaired) electrons. The van der Waals surface area contributed by atoms with Crippen molar-refractivity contribution in [1.82, 2.24) is 20.6 Å². The maximum Gasteiger partial charge on any atom is 0.210 e. The van der Waals surface area contributed by atoms with Crippen LogP contribution < -0.4 is 16.5 Å². The first-order valence-corrected chi connectivity index (χ1v) is 10.8. The van der Waals surface area contributed by atoms with Gasteiger partial charge in [-0.1, -0.05) is 23.7 Å². The van der Waals surface area contributed by atoms with E-state index in [2.05, 4.69) is 20.9 Å². The van der Waals surface area contributed by atoms with Gasteiger partial charge in [0.1, 0.15) is 12.1 Å². The van der Waals surface area contributed by atoms with E-state index in [1.54, 1.807) is 0 Å². The molecule has 4 heterocycles. The Morgan fingerprint density at radius 1 is 1.29 bits per heavy atom. The number of halogens is 1. The number of nitrogens with one attached hydrogen (secondary N) is 3. The van der Waals surface area contributed by atoms with Crippen molar-refractivity contribution in [3.05, 3.63) is 58.4 Å². The van der Waals surface area contributed by atoms with Gasteiger partial charge in [0.25, 0.3) is 0 Å². The number of rotatable bonds is 4. The first kappa shape index (κ1) is 20.0. The summed E-state index contributed by atoms with van der Waals surface area (Å²) in [5.41, 5.74) is 12.8. The van der Waals surface area contributed by atoms with Crippen LogP contribution in [-0.2, 0) is 11.2 Å². The molecular weight excluding hydrogens is 416 g/mol. The molecule has 5 N–H and O–H groups in total. The highest BCUT2D eigenvalue weighted by molar-refractivity contribution is 6.30. The van der Waals surface area contributed by atoms with E-state index in [9.17, 15) is 0 Å². The van der Waals surface area contributed by atoms with Crippen molar-refractivity contribution < 1.29 is 4.74 Å². The van der Waals surface area contributed by atoms with Gasteiger partial charge in [-0.15, -0.1) is 0 Å². The molecule has 0 saturated carbocycles. The number of hydrogen-bond donors (Lipinski definition) is 4. The van der Waals surface area contributed by atoms with Crippen molar-refractivity contribution >= 4 is 29.1 Å². The third kappa shape index (κ3) is 4.16. The van der Waals surface area contributed by atoms with E-state index >= 15 is 0 Å². The second-order valence-electron chi connectivity index (χ2n) is 8.02. The minimum absolute atomic E-state index is 0.104. The van der Waals surface area contributed by atoms with Crippen LogP contribution in [0.2, 0.25) is 5.02 Å². The number of hydrazine groups is 1. The summed E-state index contributed by atoms with van der Waals surface area (Å²) in [5.74, 6) is 0.805. The first-order valence-electron chi connectivity index (χ1n) is 10.4. The van der Waals surface area contributed by atoms with Crippen molar-refractivity contribution in [3.63, 3.8) is 0 Å². The van der Waals surface area contributed by atoms with Gasteiger partial charge < -0.3 is 15.5 Å². The largest absolute Gasteiger partial charge is 0.357 e. The van der Waals surface area contributed by atoms with Crippen LogP contribution in [0.1, 0.15) is 30.5 Å². The van der Waals surface area contributed by atoms with E-state index < -0.39 is 5.79 Å². The maximum atomic E-state index is 6.73. The smallest absolute Gasteiger partial charge is 0.210 e. The average molecular weight is 441 g/mol. The summed E-state index contributed by atoms with van der Waals surface area (Å²) in [6.07, 6.45) is 5.29. The fourth-order valence-electron chi connectivity index (χ4n) is 3.97. The number of hydrogen-bond acceptors (Lipinski definition) is 8. The number of fused-ring (bicyclic) bond motifs is 1. The third-order valence-electron chi connectivity index (χ3n) is 5.45. The zero-order valence-corrected chi connectivity index (χ0v) is 18.0. The molecule has 0 amide bonds. The van der Waals surface area contributed by atoms with E-state index in [4.69, 9.17) is 32.1 Å². The molecule has 0 aliphatic carbocycles. The maximum absolute atomic E-state index is 6.73. The number of aliphatic imine (C=N–C) groups is 2. The Kier molecular flexibility index (Phi) is 5.17. The summed E-state index contributed by atoms with van der Waals surface area (Å²) < 4.78 is 5.98. The lowest BCUT2D eigenvalue weighted by atomic mass is 10.1. The van der Waals surface area contributed by atoms with Gasteiger partial charge in [0.2, 0.25) is 5.79 Å². The Bertz CT molecular complexity index is 1050. The predicted octanol–water partition coefficient (Wildman–Crippen LogP) is 2.68. The quantitative estimate of drug-likeness (QED) is 0.581. The molecule has 3 aliphatic heterocycles. The van der Waals surface area contributed by atoms with Gasteiger partial charge in [-0.05, 0) is 43.9 Å². The second-order valence-corrected chi connectivity index (χ2v) is 8.45. The van der Waals surface area contributed by atoms with Crippen molar-refractivity contribution in [1.29, 1.82) is 0 Å². The molecule has 1 saturated heterocycles. The third-order valence-corrected chi connectivity index (χ3v) is 5.70. The molecule has 1 aromatic carbocycles. The predicted molar refractivity (Wildman–Crippen MR) is 121 cm³/mol. The minimum Gasteiger partial charge on any atom is -0.357 e. The summed E-state index contributed by atoms with van der Waals surface area (Å²) in [6, 6.07) is 9.48. The van der Waals surface area contributed by atoms with Gasteiger partial charge in [0.15, 0.2) is 11.7 Å². The number of amidine groups is 2. The highest BCUT2D eigenvalue weighted by Crippen LogP contribution is 2.29. The van der Waals surface area contributed by atoms with Gasteiger partial charge in [-0.25, -0.2) is 15.0 Å². The van der Waals surface area contributed by atoms with E-state index in [1.807, 2.05) is 48.5 Å². The fourth-order valence-corrected chi connectivity index (χ4v) is 4.09. The molecule has 3 aliphatic rings. The van der Waals surface area contributed by atoms with E-state index in [0.29, 0.717) is 28.9 Å². The van der Waals surface area contributed by atoms with Gasteiger partial charge in [0, 0.05) is 36.0 Å². The van der Waals surface area contributed by atoms with Gasteiger partial charge >= 0.3 is 0 Å². The number of anilines is 1. The number of aromatic nitrogens is 2. The van der Waals surface area contributed by atoms with Crippen LogP contribution in [0.3, 0.4) is 0 Å². The lowest BCUT2D eigenvalue weighted by Crippen LogP contribution is -2.52. The molecule has 2 aromatic rings. The van der Waals surface area contributed by atoms with Crippen molar-refractivity contribution in [2.24, 2.45) is 15.7 Å². The van der Waals surface area contributed by atoms with Crippen LogP contribution in [0.25, 0.3) is 0 Å². The van der Waals surface area contributed by atoms with Crippen LogP contribution in [0, 0.1) is 6.92 Å². The van der Waals surface area contributed by atoms with Gasteiger partial charge in [0.05, 0.1) is 5.57 Å². The summed E-state index contributed by atoms with van der Waals surface area (Å²) in [6.45, 7) is 2.68. The number of aromatic amines is 1. The van der Waals surface area contributed by atoms with Crippen LogP contribution >= 0.6 is 11.6 Å². The van der Waals surface area contributed by atoms with Crippen LogP contribution in [0.5, 0.6) is 0 Å². The lowest BCUT2D eigenvalue weighted by Gasteiger charge is -2.35. The van der Waals surface area contributed by atoms with E-state index in [0.717, 1.165) is 42.7 Å². The second kappa shape index (κ2) is 7.99. The Morgan fingerprint density at radius 2 is 2.13 bits per heavy atom. The number of H-pyrrole nitrogens is 1. The molecule has 31 heavy (non-hydrogen) atoms. The fraction of sp³-hybridized carbons (Fsp3) is 0.381. The van der Waals surface area contributed by atoms with E-state index in [-0.39, 0.29) is 6.23 Å². The summed E-state index contributed by atoms with van der Waals surface area (Å²) >= 11 is 6.04. The number of nitrogens with zero attached hydrogens (tertiary/aromatic N) is 4. The Labute approximate surface area is 185 Å². The van der Waals surface area contributed by atoms with E-state index in [1.165, 1.54) is 0 Å². The molecule has 10 heteroatoms. The molecular formula is C21H25ClN8O. The summed E-state index contributed by atoms with van der Waals surface area (Å²) in [7, 11) is 0. The monoisotopic (exact) mass is 440 g/mol. The lowest BCUT2D eigenvalue weighted by molar-refractivity contribution is -0.0664. The Hall–Kier alpha value is -2.88. The molecule has 1 aromatic heterocycles. The molecule has 162 valence electrons. The van der Waals surface area contributed by atoms with Crippen molar-refractivity contribution in [2.75, 3.05) is 11.9 Å². The van der Waals surface area contributed by atoms with Gasteiger partial charge in [-0.2, -0.15) is 5.10 Å². The number of ether oxygens (including phenoxy) is 1. The molecule has 0 spiro atoms. The minimum atomic E-state index is -1.19. The number of nitrogens with two attached hydrogens (primary N) is 1. The first-order chi connectivity index (χ1) is 15.0. The molecule has 0 bridgehead atoms. The van der Waals surface area contributed by atoms with Crippen molar-refractivity contribution in [2.45, 2.75) is 44.6 Å². The standard InChI is InChI=1S/C21H25ClN8O/c1-13-10-17(29-28-13)25-19-16-12-24-30(18-4-2-3-9-31-18)20(16)27-21(23,26-19)11-14-5-7-15(22)8-6-14/h5-8,10,12,18,24H,2-4,9,11,23H2,1H3,(H2,25,26,28,29). The highest BCUT2D eigenvalue weighted by Gasteiger charge is 2.40. The molecule has 9 nitrogen and oxygen atoms in total. The Morgan fingerprint density at radius 3 is 2.84 bits per heavy atom. The Balaban J connectivity index is 1.49. The zero-order chi connectivity index (χ0) is 21.4. The SMILES string of the molecule is Cc1cc(NC2=NC(N)(Cc3ccc(Cl)cc3)N=C3C2=CNN3C2CCCCO2)n[nH]1. The molecule has 2 unspecified atom stereocenters. The summed E-state index contributed by atoms with van der Waals surface area (Å²) in [5, 5.41) is 13.1. The average Bonchev–Trinajstić information content (AvgIpc) is 3.36. The van der Waals surface area contributed by atoms with Gasteiger partial charge in [-0.3, -0.25) is 10.8 Å². The van der Waals surface area contributed by atoms with Crippen LogP contribution in [-0.4, -0.2) is 45.5 Å². The highest BCUT2D eigenvalue weighted by atomic mass is 35.5. The topological polar surface area (TPSA) is 116 Å². The van der Waals surface area contributed by atoms with Crippen LogP contribution in [0.15, 0.2) is 52.1 Å². The normalized spacial score (nSPS) is 25.3. The molecule has 2 atom stereocenters. The molecule has 1 fully saturated rings.